The van der Waals surface area contributed by atoms with Crippen LogP contribution in [0.4, 0.5) is 5.69 Å². The third kappa shape index (κ3) is 2.43. The quantitative estimate of drug-likeness (QED) is 0.800. The SMILES string of the molecule is CSc1ccc(NC(=O)c2cn[nH]c2)cc1. The maximum atomic E-state index is 11.7. The highest BCUT2D eigenvalue weighted by atomic mass is 32.2. The minimum absolute atomic E-state index is 0.161. The lowest BCUT2D eigenvalue weighted by Crippen LogP contribution is -2.10. The van der Waals surface area contributed by atoms with Gasteiger partial charge in [0, 0.05) is 16.8 Å². The Labute approximate surface area is 97.5 Å². The van der Waals surface area contributed by atoms with Crippen LogP contribution in [0.5, 0.6) is 0 Å². The van der Waals surface area contributed by atoms with Crippen LogP contribution in [0.25, 0.3) is 0 Å². The summed E-state index contributed by atoms with van der Waals surface area (Å²) in [5.41, 5.74) is 1.30. The maximum Gasteiger partial charge on any atom is 0.258 e. The molecule has 1 aromatic carbocycles. The molecule has 0 unspecified atom stereocenters. The monoisotopic (exact) mass is 233 g/mol. The fourth-order valence-electron chi connectivity index (χ4n) is 1.25. The zero-order chi connectivity index (χ0) is 11.4. The number of nitrogens with one attached hydrogen (secondary N) is 2. The van der Waals surface area contributed by atoms with E-state index >= 15 is 0 Å². The van der Waals surface area contributed by atoms with Crippen molar-refractivity contribution in [3.63, 3.8) is 0 Å². The molecule has 4 nitrogen and oxygen atoms in total. The Morgan fingerprint density at radius 1 is 1.38 bits per heavy atom. The lowest BCUT2D eigenvalue weighted by atomic mass is 10.3. The molecule has 16 heavy (non-hydrogen) atoms. The number of anilines is 1. The van der Waals surface area contributed by atoms with E-state index < -0.39 is 0 Å². The van der Waals surface area contributed by atoms with E-state index in [2.05, 4.69) is 15.5 Å². The summed E-state index contributed by atoms with van der Waals surface area (Å²) in [5, 5.41) is 9.11. The first-order valence-corrected chi connectivity index (χ1v) is 5.96. The fourth-order valence-corrected chi connectivity index (χ4v) is 1.66. The topological polar surface area (TPSA) is 57.8 Å². The van der Waals surface area contributed by atoms with Gasteiger partial charge in [0.05, 0.1) is 11.8 Å². The lowest BCUT2D eigenvalue weighted by Gasteiger charge is -2.03. The average molecular weight is 233 g/mol. The highest BCUT2D eigenvalue weighted by Gasteiger charge is 2.06. The summed E-state index contributed by atoms with van der Waals surface area (Å²) < 4.78 is 0. The molecule has 5 heteroatoms. The van der Waals surface area contributed by atoms with E-state index in [0.717, 1.165) is 5.69 Å². The van der Waals surface area contributed by atoms with Crippen LogP contribution in [0.15, 0.2) is 41.6 Å². The molecule has 1 aromatic heterocycles. The molecule has 0 radical (unpaired) electrons. The molecule has 0 fully saturated rings. The number of hydrogen-bond acceptors (Lipinski definition) is 3. The summed E-state index contributed by atoms with van der Waals surface area (Å²) >= 11 is 1.67. The zero-order valence-electron chi connectivity index (χ0n) is 8.73. The molecule has 82 valence electrons. The van der Waals surface area contributed by atoms with E-state index in [0.29, 0.717) is 5.56 Å². The first-order valence-electron chi connectivity index (χ1n) is 4.74. The van der Waals surface area contributed by atoms with Crippen molar-refractivity contribution in [1.82, 2.24) is 10.2 Å². The fraction of sp³-hybridized carbons (Fsp3) is 0.0909. The van der Waals surface area contributed by atoms with Gasteiger partial charge in [0.15, 0.2) is 0 Å². The minimum atomic E-state index is -0.161. The van der Waals surface area contributed by atoms with Crippen LogP contribution in [0.3, 0.4) is 0 Å². The largest absolute Gasteiger partial charge is 0.322 e. The molecular formula is C11H11N3OS. The Morgan fingerprint density at radius 2 is 2.12 bits per heavy atom. The minimum Gasteiger partial charge on any atom is -0.322 e. The standard InChI is InChI=1S/C11H11N3OS/c1-16-10-4-2-9(3-5-10)14-11(15)8-6-12-13-7-8/h2-7H,1H3,(H,12,13)(H,14,15). The number of H-pyrrole nitrogens is 1. The third-order valence-electron chi connectivity index (χ3n) is 2.11. The Morgan fingerprint density at radius 3 is 2.69 bits per heavy atom. The molecule has 0 aliphatic heterocycles. The predicted octanol–water partition coefficient (Wildman–Crippen LogP) is 2.38. The van der Waals surface area contributed by atoms with Crippen molar-refractivity contribution in [2.24, 2.45) is 0 Å². The van der Waals surface area contributed by atoms with Gasteiger partial charge in [-0.05, 0) is 30.5 Å². The number of amides is 1. The van der Waals surface area contributed by atoms with Crippen LogP contribution in [0.2, 0.25) is 0 Å². The number of benzene rings is 1. The summed E-state index contributed by atoms with van der Waals surface area (Å²) in [4.78, 5) is 12.8. The van der Waals surface area contributed by atoms with E-state index in [1.54, 1.807) is 18.0 Å². The van der Waals surface area contributed by atoms with Gasteiger partial charge < -0.3 is 5.32 Å². The molecule has 0 saturated carbocycles. The summed E-state index contributed by atoms with van der Waals surface area (Å²) in [6.07, 6.45) is 5.07. The number of aromatic nitrogens is 2. The smallest absolute Gasteiger partial charge is 0.258 e. The van der Waals surface area contributed by atoms with Crippen molar-refractivity contribution in [2.45, 2.75) is 4.90 Å². The Hall–Kier alpha value is -1.75. The van der Waals surface area contributed by atoms with Crippen molar-refractivity contribution in [1.29, 1.82) is 0 Å². The summed E-state index contributed by atoms with van der Waals surface area (Å²) in [7, 11) is 0. The van der Waals surface area contributed by atoms with Crippen LogP contribution in [-0.2, 0) is 0 Å². The number of rotatable bonds is 3. The van der Waals surface area contributed by atoms with Gasteiger partial charge in [0.25, 0.3) is 5.91 Å². The van der Waals surface area contributed by atoms with Gasteiger partial charge in [-0.3, -0.25) is 9.89 Å². The van der Waals surface area contributed by atoms with Gasteiger partial charge in [0.1, 0.15) is 0 Å². The number of nitrogens with zero attached hydrogens (tertiary/aromatic N) is 1. The van der Waals surface area contributed by atoms with E-state index in [-0.39, 0.29) is 5.91 Å². The van der Waals surface area contributed by atoms with Gasteiger partial charge in [0.2, 0.25) is 0 Å². The number of carbonyl (C=O) groups excluding carboxylic acids is 1. The van der Waals surface area contributed by atoms with Crippen molar-refractivity contribution in [2.75, 3.05) is 11.6 Å². The molecular weight excluding hydrogens is 222 g/mol. The predicted molar refractivity (Wildman–Crippen MR) is 64.8 cm³/mol. The molecule has 0 aliphatic rings. The van der Waals surface area contributed by atoms with Gasteiger partial charge in [-0.15, -0.1) is 11.8 Å². The zero-order valence-corrected chi connectivity index (χ0v) is 9.54. The molecule has 0 aliphatic carbocycles. The van der Waals surface area contributed by atoms with Crippen LogP contribution in [0, 0.1) is 0 Å². The van der Waals surface area contributed by atoms with Gasteiger partial charge in [-0.25, -0.2) is 0 Å². The van der Waals surface area contributed by atoms with Crippen molar-refractivity contribution >= 4 is 23.4 Å². The Kier molecular flexibility index (Phi) is 3.26. The summed E-state index contributed by atoms with van der Waals surface area (Å²) in [6.45, 7) is 0. The Balaban J connectivity index is 2.06. The van der Waals surface area contributed by atoms with Crippen LogP contribution in [0.1, 0.15) is 10.4 Å². The number of thioether (sulfide) groups is 1. The second-order valence-corrected chi connectivity index (χ2v) is 4.05. The lowest BCUT2D eigenvalue weighted by molar-refractivity contribution is 0.102. The first-order chi connectivity index (χ1) is 7.79. The molecule has 0 spiro atoms. The number of carbonyl (C=O) groups is 1. The summed E-state index contributed by atoms with van der Waals surface area (Å²) in [6, 6.07) is 7.69. The second kappa shape index (κ2) is 4.85. The van der Waals surface area contributed by atoms with Gasteiger partial charge in [-0.1, -0.05) is 0 Å². The van der Waals surface area contributed by atoms with Crippen molar-refractivity contribution in [3.8, 4) is 0 Å². The number of aromatic amines is 1. The highest BCUT2D eigenvalue weighted by Crippen LogP contribution is 2.17. The van der Waals surface area contributed by atoms with E-state index in [9.17, 15) is 4.79 Å². The van der Waals surface area contributed by atoms with Crippen LogP contribution < -0.4 is 5.32 Å². The molecule has 0 atom stereocenters. The highest BCUT2D eigenvalue weighted by molar-refractivity contribution is 7.98. The molecule has 1 heterocycles. The van der Waals surface area contributed by atoms with Crippen LogP contribution in [-0.4, -0.2) is 22.4 Å². The maximum absolute atomic E-state index is 11.7. The molecule has 0 saturated heterocycles. The molecule has 0 bridgehead atoms. The van der Waals surface area contributed by atoms with E-state index in [1.165, 1.54) is 11.1 Å². The molecule has 1 amide bonds. The molecule has 2 N–H and O–H groups in total. The van der Waals surface area contributed by atoms with Crippen molar-refractivity contribution in [3.05, 3.63) is 42.2 Å². The normalized spacial score (nSPS) is 10.1. The van der Waals surface area contributed by atoms with Crippen molar-refractivity contribution < 1.29 is 4.79 Å². The number of hydrogen-bond donors (Lipinski definition) is 2. The summed E-state index contributed by atoms with van der Waals surface area (Å²) in [5.74, 6) is -0.161. The third-order valence-corrected chi connectivity index (χ3v) is 2.85. The Bertz CT molecular complexity index is 464. The second-order valence-electron chi connectivity index (χ2n) is 3.17. The van der Waals surface area contributed by atoms with Gasteiger partial charge >= 0.3 is 0 Å². The van der Waals surface area contributed by atoms with Crippen LogP contribution >= 0.6 is 11.8 Å². The van der Waals surface area contributed by atoms with Gasteiger partial charge in [-0.2, -0.15) is 5.10 Å². The average Bonchev–Trinajstić information content (AvgIpc) is 2.83. The van der Waals surface area contributed by atoms with E-state index in [4.69, 9.17) is 0 Å². The molecule has 2 rings (SSSR count). The molecule has 2 aromatic rings. The van der Waals surface area contributed by atoms with E-state index in [1.807, 2.05) is 30.5 Å². The first kappa shape index (κ1) is 10.8.